The average molecular weight is 243 g/mol. The van der Waals surface area contributed by atoms with Gasteiger partial charge < -0.3 is 4.90 Å². The maximum absolute atomic E-state index is 12.2. The van der Waals surface area contributed by atoms with E-state index in [9.17, 15) is 9.59 Å². The van der Waals surface area contributed by atoms with E-state index in [1.165, 1.54) is 6.92 Å². The molecule has 94 valence electrons. The average Bonchev–Trinajstić information content (AvgIpc) is 2.38. The molecule has 0 heterocycles. The normalized spacial score (nSPS) is 9.61. The Morgan fingerprint density at radius 3 is 1.89 bits per heavy atom. The van der Waals surface area contributed by atoms with Crippen molar-refractivity contribution in [1.29, 1.82) is 0 Å². The van der Waals surface area contributed by atoms with Gasteiger partial charge in [-0.05, 0) is 19.1 Å². The SMILES string of the molecule is C=CCN(CC=C)C(=O)c1ccc(C(C)=O)cc1. The van der Waals surface area contributed by atoms with Crippen LogP contribution >= 0.6 is 0 Å². The van der Waals surface area contributed by atoms with E-state index < -0.39 is 0 Å². The Morgan fingerprint density at radius 2 is 1.50 bits per heavy atom. The van der Waals surface area contributed by atoms with Crippen molar-refractivity contribution in [3.8, 4) is 0 Å². The van der Waals surface area contributed by atoms with Crippen LogP contribution in [0.2, 0.25) is 0 Å². The third-order valence-electron chi connectivity index (χ3n) is 2.52. The van der Waals surface area contributed by atoms with Crippen LogP contribution in [0.1, 0.15) is 27.6 Å². The second-order valence-corrected chi connectivity index (χ2v) is 3.92. The fourth-order valence-corrected chi connectivity index (χ4v) is 1.58. The van der Waals surface area contributed by atoms with Crippen molar-refractivity contribution in [3.63, 3.8) is 0 Å². The third kappa shape index (κ3) is 3.42. The number of hydrogen-bond acceptors (Lipinski definition) is 2. The first-order valence-electron chi connectivity index (χ1n) is 5.72. The van der Waals surface area contributed by atoms with Gasteiger partial charge in [0.25, 0.3) is 5.91 Å². The summed E-state index contributed by atoms with van der Waals surface area (Å²) in [5.41, 5.74) is 1.16. The molecule has 0 aliphatic carbocycles. The Labute approximate surface area is 107 Å². The molecule has 1 aromatic carbocycles. The summed E-state index contributed by atoms with van der Waals surface area (Å²) in [5.74, 6) is -0.104. The lowest BCUT2D eigenvalue weighted by atomic mass is 10.1. The zero-order valence-electron chi connectivity index (χ0n) is 10.6. The Kier molecular flexibility index (Phi) is 5.06. The number of Topliss-reactive ketones (excluding diaryl/α,β-unsaturated/α-hetero) is 1. The second-order valence-electron chi connectivity index (χ2n) is 3.92. The van der Waals surface area contributed by atoms with Crippen molar-refractivity contribution in [3.05, 3.63) is 60.7 Å². The van der Waals surface area contributed by atoms with Crippen molar-refractivity contribution >= 4 is 11.7 Å². The van der Waals surface area contributed by atoms with Gasteiger partial charge in [0.15, 0.2) is 5.78 Å². The van der Waals surface area contributed by atoms with Gasteiger partial charge in [0.1, 0.15) is 0 Å². The fraction of sp³-hybridized carbons (Fsp3) is 0.200. The maximum Gasteiger partial charge on any atom is 0.254 e. The van der Waals surface area contributed by atoms with Crippen LogP contribution in [0.25, 0.3) is 0 Å². The van der Waals surface area contributed by atoms with E-state index >= 15 is 0 Å². The van der Waals surface area contributed by atoms with Crippen molar-refractivity contribution in [2.75, 3.05) is 13.1 Å². The summed E-state index contributed by atoms with van der Waals surface area (Å²) in [6, 6.07) is 6.65. The molecule has 0 unspecified atom stereocenters. The molecule has 0 saturated carbocycles. The number of rotatable bonds is 6. The van der Waals surface area contributed by atoms with Crippen LogP contribution in [-0.4, -0.2) is 29.7 Å². The minimum Gasteiger partial charge on any atom is -0.331 e. The fourth-order valence-electron chi connectivity index (χ4n) is 1.58. The minimum atomic E-state index is -0.0927. The summed E-state index contributed by atoms with van der Waals surface area (Å²) in [6.07, 6.45) is 3.34. The molecule has 3 nitrogen and oxygen atoms in total. The van der Waals surface area contributed by atoms with E-state index in [0.717, 1.165) is 0 Å². The molecule has 0 N–H and O–H groups in total. The number of carbonyl (C=O) groups excluding carboxylic acids is 2. The first-order valence-corrected chi connectivity index (χ1v) is 5.72. The highest BCUT2D eigenvalue weighted by atomic mass is 16.2. The van der Waals surface area contributed by atoms with Crippen LogP contribution in [0.5, 0.6) is 0 Å². The van der Waals surface area contributed by atoms with E-state index in [0.29, 0.717) is 24.2 Å². The lowest BCUT2D eigenvalue weighted by Crippen LogP contribution is -2.31. The molecule has 0 fully saturated rings. The molecule has 0 spiro atoms. The molecule has 1 aromatic rings. The monoisotopic (exact) mass is 243 g/mol. The van der Waals surface area contributed by atoms with Crippen LogP contribution in [0.15, 0.2) is 49.6 Å². The van der Waals surface area contributed by atoms with Gasteiger partial charge in [0.05, 0.1) is 0 Å². The molecule has 0 radical (unpaired) electrons. The number of carbonyl (C=O) groups is 2. The zero-order chi connectivity index (χ0) is 13.5. The first-order chi connectivity index (χ1) is 8.60. The third-order valence-corrected chi connectivity index (χ3v) is 2.52. The van der Waals surface area contributed by atoms with E-state index in [2.05, 4.69) is 13.2 Å². The van der Waals surface area contributed by atoms with Gasteiger partial charge in [-0.25, -0.2) is 0 Å². The molecule has 0 saturated heterocycles. The molecule has 0 atom stereocenters. The maximum atomic E-state index is 12.2. The Morgan fingerprint density at radius 1 is 1.06 bits per heavy atom. The topological polar surface area (TPSA) is 37.4 Å². The van der Waals surface area contributed by atoms with Crippen molar-refractivity contribution in [2.45, 2.75) is 6.92 Å². The predicted molar refractivity (Wildman–Crippen MR) is 72.7 cm³/mol. The van der Waals surface area contributed by atoms with Gasteiger partial charge in [-0.3, -0.25) is 9.59 Å². The summed E-state index contributed by atoms with van der Waals surface area (Å²) >= 11 is 0. The van der Waals surface area contributed by atoms with Gasteiger partial charge in [-0.1, -0.05) is 24.3 Å². The largest absolute Gasteiger partial charge is 0.331 e. The first kappa shape index (κ1) is 13.9. The number of nitrogens with zero attached hydrogens (tertiary/aromatic N) is 1. The molecule has 3 heteroatoms. The highest BCUT2D eigenvalue weighted by molar-refractivity contribution is 5.97. The summed E-state index contributed by atoms with van der Waals surface area (Å²) in [4.78, 5) is 24.9. The quantitative estimate of drug-likeness (QED) is 0.569. The zero-order valence-corrected chi connectivity index (χ0v) is 10.6. The highest BCUT2D eigenvalue weighted by Crippen LogP contribution is 2.08. The predicted octanol–water partition coefficient (Wildman–Crippen LogP) is 2.70. The van der Waals surface area contributed by atoms with Crippen LogP contribution in [0.3, 0.4) is 0 Å². The second kappa shape index (κ2) is 6.55. The molecule has 1 rings (SSSR count). The number of amides is 1. The smallest absolute Gasteiger partial charge is 0.254 e. The number of ketones is 1. The molecule has 0 aliphatic heterocycles. The Hall–Kier alpha value is -2.16. The lowest BCUT2D eigenvalue weighted by molar-refractivity contribution is 0.0790. The lowest BCUT2D eigenvalue weighted by Gasteiger charge is -2.19. The van der Waals surface area contributed by atoms with E-state index in [4.69, 9.17) is 0 Å². The molecular weight excluding hydrogens is 226 g/mol. The summed E-state index contributed by atoms with van der Waals surface area (Å²) in [6.45, 7) is 9.69. The van der Waals surface area contributed by atoms with Crippen molar-refractivity contribution in [1.82, 2.24) is 4.90 Å². The van der Waals surface area contributed by atoms with E-state index in [1.54, 1.807) is 41.3 Å². The number of hydrogen-bond donors (Lipinski definition) is 0. The molecular formula is C15H17NO2. The molecule has 1 amide bonds. The number of benzene rings is 1. The van der Waals surface area contributed by atoms with Crippen LogP contribution in [0.4, 0.5) is 0 Å². The summed E-state index contributed by atoms with van der Waals surface area (Å²) < 4.78 is 0. The Balaban J connectivity index is 2.90. The standard InChI is InChI=1S/C15H17NO2/c1-4-10-16(11-5-2)15(18)14-8-6-13(7-9-14)12(3)17/h4-9H,1-2,10-11H2,3H3. The summed E-state index contributed by atoms with van der Waals surface area (Å²) in [5, 5.41) is 0. The van der Waals surface area contributed by atoms with Gasteiger partial charge in [0.2, 0.25) is 0 Å². The van der Waals surface area contributed by atoms with E-state index in [1.807, 2.05) is 0 Å². The van der Waals surface area contributed by atoms with Gasteiger partial charge in [0, 0.05) is 24.2 Å². The summed E-state index contributed by atoms with van der Waals surface area (Å²) in [7, 11) is 0. The van der Waals surface area contributed by atoms with Crippen molar-refractivity contribution in [2.24, 2.45) is 0 Å². The van der Waals surface area contributed by atoms with Crippen LogP contribution in [0, 0.1) is 0 Å². The minimum absolute atomic E-state index is 0.0111. The molecule has 0 aromatic heterocycles. The van der Waals surface area contributed by atoms with Gasteiger partial charge >= 0.3 is 0 Å². The molecule has 18 heavy (non-hydrogen) atoms. The highest BCUT2D eigenvalue weighted by Gasteiger charge is 2.13. The van der Waals surface area contributed by atoms with Gasteiger partial charge in [-0.2, -0.15) is 0 Å². The van der Waals surface area contributed by atoms with Crippen molar-refractivity contribution < 1.29 is 9.59 Å². The van der Waals surface area contributed by atoms with Crippen LogP contribution in [-0.2, 0) is 0 Å². The molecule has 0 bridgehead atoms. The van der Waals surface area contributed by atoms with Crippen LogP contribution < -0.4 is 0 Å². The van der Waals surface area contributed by atoms with E-state index in [-0.39, 0.29) is 11.7 Å². The Bertz CT molecular complexity index is 450. The molecule has 0 aliphatic rings. The van der Waals surface area contributed by atoms with Gasteiger partial charge in [-0.15, -0.1) is 13.2 Å².